The Morgan fingerprint density at radius 2 is 1.90 bits per heavy atom. The highest BCUT2D eigenvalue weighted by Crippen LogP contribution is 2.30. The number of aliphatic imine (C=N–C) groups is 1. The standard InChI is InChI=1S/C19H31F3N4OS.HI/c1-23-18(25-12-10-17-26-16(14-28-17)19(20,21)22)24-11-6-3-7-13-27-15-8-4-2-5-9-15;/h14-15H,2-13H2,1H3,(H2,23,24,25);1H. The highest BCUT2D eigenvalue weighted by atomic mass is 127. The molecule has 0 bridgehead atoms. The highest BCUT2D eigenvalue weighted by molar-refractivity contribution is 14.0. The minimum atomic E-state index is -4.37. The number of thiazole rings is 1. The summed E-state index contributed by atoms with van der Waals surface area (Å²) in [5.41, 5.74) is -0.817. The molecule has 0 radical (unpaired) electrons. The van der Waals surface area contributed by atoms with Gasteiger partial charge in [0.05, 0.1) is 11.1 Å². The lowest BCUT2D eigenvalue weighted by Crippen LogP contribution is -2.38. The second-order valence-corrected chi connectivity index (χ2v) is 7.93. The smallest absolute Gasteiger partial charge is 0.378 e. The number of hydrogen-bond acceptors (Lipinski definition) is 4. The molecule has 29 heavy (non-hydrogen) atoms. The van der Waals surface area contributed by atoms with Crippen molar-refractivity contribution in [2.75, 3.05) is 26.7 Å². The molecular weight excluding hydrogens is 516 g/mol. The van der Waals surface area contributed by atoms with Gasteiger partial charge in [-0.1, -0.05) is 19.3 Å². The van der Waals surface area contributed by atoms with Crippen LogP contribution in [0.3, 0.4) is 0 Å². The third kappa shape index (κ3) is 10.8. The first-order valence-corrected chi connectivity index (χ1v) is 10.9. The van der Waals surface area contributed by atoms with E-state index in [9.17, 15) is 13.2 Å². The molecule has 1 aliphatic carbocycles. The Labute approximate surface area is 192 Å². The third-order valence-electron chi connectivity index (χ3n) is 4.72. The molecule has 0 aliphatic heterocycles. The van der Waals surface area contributed by atoms with Crippen molar-refractivity contribution in [1.82, 2.24) is 15.6 Å². The molecule has 1 aromatic heterocycles. The lowest BCUT2D eigenvalue weighted by molar-refractivity contribution is -0.140. The van der Waals surface area contributed by atoms with E-state index in [0.29, 0.717) is 30.0 Å². The zero-order valence-electron chi connectivity index (χ0n) is 16.9. The molecule has 0 aromatic carbocycles. The summed E-state index contributed by atoms with van der Waals surface area (Å²) in [5, 5.41) is 7.86. The number of hydrogen-bond donors (Lipinski definition) is 2. The number of halogens is 4. The number of guanidine groups is 1. The monoisotopic (exact) mass is 548 g/mol. The molecular formula is C19H32F3IN4OS. The lowest BCUT2D eigenvalue weighted by atomic mass is 9.98. The second-order valence-electron chi connectivity index (χ2n) is 6.99. The van der Waals surface area contributed by atoms with Crippen LogP contribution in [0.25, 0.3) is 0 Å². The van der Waals surface area contributed by atoms with Gasteiger partial charge in [-0.25, -0.2) is 4.98 Å². The van der Waals surface area contributed by atoms with Crippen molar-refractivity contribution in [2.24, 2.45) is 4.99 Å². The second kappa shape index (κ2) is 14.4. The molecule has 1 aromatic rings. The zero-order chi connectivity index (χ0) is 20.2. The van der Waals surface area contributed by atoms with Gasteiger partial charge in [0, 0.05) is 38.5 Å². The summed E-state index contributed by atoms with van der Waals surface area (Å²) in [4.78, 5) is 7.75. The molecule has 1 fully saturated rings. The van der Waals surface area contributed by atoms with Gasteiger partial charge in [0.25, 0.3) is 0 Å². The van der Waals surface area contributed by atoms with E-state index in [1.165, 1.54) is 32.1 Å². The molecule has 5 nitrogen and oxygen atoms in total. The fourth-order valence-electron chi connectivity index (χ4n) is 3.16. The van der Waals surface area contributed by atoms with E-state index in [2.05, 4.69) is 20.6 Å². The SMILES string of the molecule is CN=C(NCCCCCOC1CCCCC1)NCCc1nc(C(F)(F)F)cs1.I. The number of alkyl halides is 3. The van der Waals surface area contributed by atoms with Gasteiger partial charge in [0.2, 0.25) is 0 Å². The van der Waals surface area contributed by atoms with E-state index in [1.54, 1.807) is 7.05 Å². The van der Waals surface area contributed by atoms with Crippen molar-refractivity contribution in [3.63, 3.8) is 0 Å². The summed E-state index contributed by atoms with van der Waals surface area (Å²) < 4.78 is 43.5. The summed E-state index contributed by atoms with van der Waals surface area (Å²) in [6.45, 7) is 2.13. The van der Waals surface area contributed by atoms with Gasteiger partial charge in [-0.15, -0.1) is 35.3 Å². The van der Waals surface area contributed by atoms with E-state index >= 15 is 0 Å². The van der Waals surface area contributed by atoms with E-state index in [-0.39, 0.29) is 24.0 Å². The molecule has 0 saturated heterocycles. The highest BCUT2D eigenvalue weighted by Gasteiger charge is 2.33. The Hall–Kier alpha value is -0.620. The summed E-state index contributed by atoms with van der Waals surface area (Å²) in [7, 11) is 1.68. The molecule has 0 amide bonds. The van der Waals surface area contributed by atoms with Crippen LogP contribution in [0.1, 0.15) is 62.1 Å². The fourth-order valence-corrected chi connectivity index (χ4v) is 3.96. The minimum Gasteiger partial charge on any atom is -0.378 e. The average Bonchev–Trinajstić information content (AvgIpc) is 3.16. The van der Waals surface area contributed by atoms with Crippen molar-refractivity contribution >= 4 is 41.3 Å². The van der Waals surface area contributed by atoms with E-state index < -0.39 is 11.9 Å². The topological polar surface area (TPSA) is 58.5 Å². The van der Waals surface area contributed by atoms with Crippen LogP contribution >= 0.6 is 35.3 Å². The summed E-state index contributed by atoms with van der Waals surface area (Å²) >= 11 is 1.03. The maximum absolute atomic E-state index is 12.5. The number of nitrogens with one attached hydrogen (secondary N) is 2. The maximum atomic E-state index is 12.5. The third-order valence-corrected chi connectivity index (χ3v) is 5.63. The van der Waals surface area contributed by atoms with E-state index in [1.807, 2.05) is 0 Å². The van der Waals surface area contributed by atoms with Gasteiger partial charge in [-0.2, -0.15) is 13.2 Å². The number of aromatic nitrogens is 1. The first-order chi connectivity index (χ1) is 13.5. The Bertz CT molecular complexity index is 592. The fraction of sp³-hybridized carbons (Fsp3) is 0.789. The van der Waals surface area contributed by atoms with Gasteiger partial charge >= 0.3 is 6.18 Å². The molecule has 168 valence electrons. The van der Waals surface area contributed by atoms with Crippen LogP contribution in [-0.4, -0.2) is 43.8 Å². The average molecular weight is 548 g/mol. The van der Waals surface area contributed by atoms with Crippen molar-refractivity contribution in [2.45, 2.75) is 70.1 Å². The molecule has 0 spiro atoms. The predicted molar refractivity (Wildman–Crippen MR) is 122 cm³/mol. The number of rotatable bonds is 10. The van der Waals surface area contributed by atoms with Crippen LogP contribution < -0.4 is 10.6 Å². The van der Waals surface area contributed by atoms with Crippen LogP contribution in [-0.2, 0) is 17.3 Å². The Morgan fingerprint density at radius 3 is 2.55 bits per heavy atom. The molecule has 10 heteroatoms. The molecule has 1 saturated carbocycles. The quantitative estimate of drug-likeness (QED) is 0.187. The van der Waals surface area contributed by atoms with Crippen LogP contribution in [0.5, 0.6) is 0 Å². The predicted octanol–water partition coefficient (Wildman–Crippen LogP) is 5.01. The molecule has 0 atom stereocenters. The summed E-state index contributed by atoms with van der Waals surface area (Å²) in [6, 6.07) is 0. The normalized spacial score (nSPS) is 15.8. The van der Waals surface area contributed by atoms with Gasteiger partial charge in [0.15, 0.2) is 11.7 Å². The molecule has 2 rings (SSSR count). The van der Waals surface area contributed by atoms with Crippen LogP contribution in [0, 0.1) is 0 Å². The molecule has 2 N–H and O–H groups in total. The van der Waals surface area contributed by atoms with Gasteiger partial charge < -0.3 is 15.4 Å². The Balaban J connectivity index is 0.00000420. The Morgan fingerprint density at radius 1 is 1.17 bits per heavy atom. The molecule has 0 unspecified atom stereocenters. The van der Waals surface area contributed by atoms with E-state index in [0.717, 1.165) is 49.1 Å². The van der Waals surface area contributed by atoms with Crippen LogP contribution in [0.2, 0.25) is 0 Å². The number of unbranched alkanes of at least 4 members (excludes halogenated alkanes) is 2. The first-order valence-electron chi connectivity index (χ1n) is 10.1. The molecule has 1 heterocycles. The first kappa shape index (κ1) is 26.4. The van der Waals surface area contributed by atoms with Crippen molar-refractivity contribution in [3.8, 4) is 0 Å². The van der Waals surface area contributed by atoms with Gasteiger partial charge in [-0.3, -0.25) is 4.99 Å². The summed E-state index contributed by atoms with van der Waals surface area (Å²) in [6.07, 6.45) is 6.08. The lowest BCUT2D eigenvalue weighted by Gasteiger charge is -2.21. The number of nitrogens with zero attached hydrogens (tertiary/aromatic N) is 2. The van der Waals surface area contributed by atoms with Gasteiger partial charge in [-0.05, 0) is 32.1 Å². The van der Waals surface area contributed by atoms with Crippen molar-refractivity contribution < 1.29 is 17.9 Å². The molecule has 1 aliphatic rings. The Kier molecular flexibility index (Phi) is 13.1. The van der Waals surface area contributed by atoms with Crippen molar-refractivity contribution in [1.29, 1.82) is 0 Å². The van der Waals surface area contributed by atoms with Gasteiger partial charge in [0.1, 0.15) is 0 Å². The van der Waals surface area contributed by atoms with Crippen LogP contribution in [0.4, 0.5) is 13.2 Å². The maximum Gasteiger partial charge on any atom is 0.434 e. The van der Waals surface area contributed by atoms with Crippen molar-refractivity contribution in [3.05, 3.63) is 16.1 Å². The number of ether oxygens (including phenoxy) is 1. The van der Waals surface area contributed by atoms with Crippen LogP contribution in [0.15, 0.2) is 10.4 Å². The largest absolute Gasteiger partial charge is 0.434 e. The zero-order valence-corrected chi connectivity index (χ0v) is 20.0. The van der Waals surface area contributed by atoms with E-state index in [4.69, 9.17) is 4.74 Å². The minimum absolute atomic E-state index is 0. The summed E-state index contributed by atoms with van der Waals surface area (Å²) in [5.74, 6) is 0.658.